The van der Waals surface area contributed by atoms with Crippen molar-refractivity contribution in [3.05, 3.63) is 83.9 Å². The lowest BCUT2D eigenvalue weighted by atomic mass is 10.0. The number of sulfone groups is 1. The Bertz CT molecular complexity index is 1470. The molecule has 0 aromatic heterocycles. The Kier molecular flexibility index (Phi) is 6.53. The minimum atomic E-state index is -5.02. The molecule has 194 valence electrons. The maximum Gasteiger partial charge on any atom is 0.417 e. The molecule has 1 saturated heterocycles. The topological polar surface area (TPSA) is 84.0 Å². The van der Waals surface area contributed by atoms with Crippen LogP contribution in [0.25, 0.3) is 0 Å². The molecule has 3 aromatic rings. The Labute approximate surface area is 212 Å². The van der Waals surface area contributed by atoms with Crippen molar-refractivity contribution in [3.8, 4) is 11.5 Å². The largest absolute Gasteiger partial charge is 0.457 e. The quantitative estimate of drug-likeness (QED) is 0.383. The van der Waals surface area contributed by atoms with E-state index in [1.807, 2.05) is 6.07 Å². The van der Waals surface area contributed by atoms with E-state index in [4.69, 9.17) is 4.74 Å². The van der Waals surface area contributed by atoms with Crippen molar-refractivity contribution in [1.82, 2.24) is 4.90 Å². The maximum atomic E-state index is 13.7. The van der Waals surface area contributed by atoms with Crippen LogP contribution in [0.2, 0.25) is 0 Å². The van der Waals surface area contributed by atoms with Gasteiger partial charge in [-0.1, -0.05) is 36.4 Å². The highest BCUT2D eigenvalue weighted by molar-refractivity contribution is 7.90. The second kappa shape index (κ2) is 9.22. The highest BCUT2D eigenvalue weighted by Gasteiger charge is 2.52. The average molecular weight is 533 g/mol. The van der Waals surface area contributed by atoms with Gasteiger partial charge in [0.15, 0.2) is 9.84 Å². The second-order valence-electron chi connectivity index (χ2n) is 9.04. The molecule has 0 N–H and O–H groups in total. The zero-order valence-electron chi connectivity index (χ0n) is 20.1. The molecule has 1 aliphatic rings. The van der Waals surface area contributed by atoms with Crippen LogP contribution >= 0.6 is 0 Å². The lowest BCUT2D eigenvalue weighted by molar-refractivity contribution is -0.139. The van der Waals surface area contributed by atoms with E-state index in [1.165, 1.54) is 18.7 Å². The molecule has 3 aromatic carbocycles. The van der Waals surface area contributed by atoms with E-state index >= 15 is 0 Å². The maximum absolute atomic E-state index is 13.7. The normalized spacial score (nSPS) is 15.8. The number of hydrogen-bond donors (Lipinski definition) is 0. The summed E-state index contributed by atoms with van der Waals surface area (Å²) in [6.45, 7) is 2.91. The van der Waals surface area contributed by atoms with E-state index < -0.39 is 43.9 Å². The predicted octanol–water partition coefficient (Wildman–Crippen LogP) is 5.65. The van der Waals surface area contributed by atoms with Crippen molar-refractivity contribution in [2.24, 2.45) is 0 Å². The van der Waals surface area contributed by atoms with Crippen molar-refractivity contribution < 1.29 is 35.9 Å². The van der Waals surface area contributed by atoms with E-state index in [9.17, 15) is 31.2 Å². The zero-order valence-corrected chi connectivity index (χ0v) is 20.9. The minimum absolute atomic E-state index is 0.0649. The molecule has 4 rings (SSSR count). The third-order valence-corrected chi connectivity index (χ3v) is 7.18. The summed E-state index contributed by atoms with van der Waals surface area (Å²) in [5.41, 5.74) is -2.67. The number of nitrogens with zero attached hydrogens (tertiary/aromatic N) is 2. The Balaban J connectivity index is 1.71. The minimum Gasteiger partial charge on any atom is -0.457 e. The predicted molar refractivity (Wildman–Crippen MR) is 130 cm³/mol. The second-order valence-corrected chi connectivity index (χ2v) is 11.0. The summed E-state index contributed by atoms with van der Waals surface area (Å²) in [6.07, 6.45) is -4.37. The van der Waals surface area contributed by atoms with E-state index in [2.05, 4.69) is 0 Å². The van der Waals surface area contributed by atoms with E-state index in [0.29, 0.717) is 34.3 Å². The Hall–Kier alpha value is -3.86. The number of rotatable bonds is 6. The van der Waals surface area contributed by atoms with Gasteiger partial charge in [0.05, 0.1) is 22.7 Å². The Morgan fingerprint density at radius 1 is 0.919 bits per heavy atom. The van der Waals surface area contributed by atoms with Gasteiger partial charge in [0.2, 0.25) is 0 Å². The van der Waals surface area contributed by atoms with Gasteiger partial charge in [-0.3, -0.25) is 4.79 Å². The van der Waals surface area contributed by atoms with Gasteiger partial charge in [-0.25, -0.2) is 18.1 Å². The SMILES string of the molecule is CC1(C)C(=O)N(c2ccc(S(C)(=O)=O)c(C(F)(F)F)c2)C(=O)N1Cc1ccccc1Oc1ccccc1. The number of anilines is 1. The standard InChI is InChI=1S/C26H23F3N2O5S/c1-25(2)23(32)31(18-13-14-22(37(3,34)35)20(15-18)26(27,28)29)24(33)30(25)16-17-9-7-8-12-21(17)36-19-10-5-4-6-11-19/h4-15H,16H2,1-3H3. The van der Waals surface area contributed by atoms with Gasteiger partial charge in [-0.2, -0.15) is 13.2 Å². The molecule has 0 bridgehead atoms. The van der Waals surface area contributed by atoms with Gasteiger partial charge < -0.3 is 9.64 Å². The summed E-state index contributed by atoms with van der Waals surface area (Å²) in [4.78, 5) is 27.7. The van der Waals surface area contributed by atoms with Crippen molar-refractivity contribution in [3.63, 3.8) is 0 Å². The molecule has 0 unspecified atom stereocenters. The number of urea groups is 1. The fourth-order valence-electron chi connectivity index (χ4n) is 4.05. The van der Waals surface area contributed by atoms with Crippen molar-refractivity contribution in [2.75, 3.05) is 11.2 Å². The summed E-state index contributed by atoms with van der Waals surface area (Å²) in [6, 6.07) is 17.3. The average Bonchev–Trinajstić information content (AvgIpc) is 2.98. The molecule has 1 heterocycles. The molecule has 1 fully saturated rings. The van der Waals surface area contributed by atoms with Crippen LogP contribution < -0.4 is 9.64 Å². The number of alkyl halides is 3. The molecular weight excluding hydrogens is 509 g/mol. The van der Waals surface area contributed by atoms with Crippen LogP contribution in [0.15, 0.2) is 77.7 Å². The van der Waals surface area contributed by atoms with Crippen LogP contribution in [0.5, 0.6) is 11.5 Å². The molecule has 7 nitrogen and oxygen atoms in total. The summed E-state index contributed by atoms with van der Waals surface area (Å²) < 4.78 is 70.9. The number of carbonyl (C=O) groups excluding carboxylic acids is 2. The van der Waals surface area contributed by atoms with Crippen LogP contribution in [-0.4, -0.2) is 37.1 Å². The van der Waals surface area contributed by atoms with Crippen LogP contribution in [0.1, 0.15) is 25.0 Å². The van der Waals surface area contributed by atoms with Gasteiger partial charge in [-0.05, 0) is 50.2 Å². The monoisotopic (exact) mass is 532 g/mol. The highest BCUT2D eigenvalue weighted by atomic mass is 32.2. The van der Waals surface area contributed by atoms with Crippen molar-refractivity contribution in [2.45, 2.75) is 37.0 Å². The first-order valence-corrected chi connectivity index (χ1v) is 13.0. The van der Waals surface area contributed by atoms with Gasteiger partial charge in [0, 0.05) is 11.8 Å². The van der Waals surface area contributed by atoms with Gasteiger partial charge in [-0.15, -0.1) is 0 Å². The van der Waals surface area contributed by atoms with Crippen LogP contribution in [-0.2, 0) is 27.4 Å². The Morgan fingerprint density at radius 3 is 2.16 bits per heavy atom. The first-order chi connectivity index (χ1) is 17.2. The molecule has 37 heavy (non-hydrogen) atoms. The van der Waals surface area contributed by atoms with Crippen LogP contribution in [0.3, 0.4) is 0 Å². The first-order valence-electron chi connectivity index (χ1n) is 11.1. The number of amides is 3. The van der Waals surface area contributed by atoms with Gasteiger partial charge >= 0.3 is 12.2 Å². The fraction of sp³-hybridized carbons (Fsp3) is 0.231. The lowest BCUT2D eigenvalue weighted by Gasteiger charge is -2.28. The molecule has 0 spiro atoms. The lowest BCUT2D eigenvalue weighted by Crippen LogP contribution is -2.43. The van der Waals surface area contributed by atoms with Crippen molar-refractivity contribution >= 4 is 27.5 Å². The van der Waals surface area contributed by atoms with Crippen LogP contribution in [0.4, 0.5) is 23.7 Å². The fourth-order valence-corrected chi connectivity index (χ4v) is 4.94. The molecule has 0 aliphatic carbocycles. The molecule has 11 heteroatoms. The number of ether oxygens (including phenoxy) is 1. The molecule has 3 amide bonds. The first kappa shape index (κ1) is 26.2. The number of benzene rings is 3. The van der Waals surface area contributed by atoms with E-state index in [-0.39, 0.29) is 12.2 Å². The summed E-state index contributed by atoms with van der Waals surface area (Å²) in [5, 5.41) is 0. The number of para-hydroxylation sites is 2. The summed E-state index contributed by atoms with van der Waals surface area (Å²) in [5.74, 6) is 0.254. The number of imide groups is 1. The molecular formula is C26H23F3N2O5S. The smallest absolute Gasteiger partial charge is 0.417 e. The molecule has 1 aliphatic heterocycles. The van der Waals surface area contributed by atoms with E-state index in [0.717, 1.165) is 12.1 Å². The summed E-state index contributed by atoms with van der Waals surface area (Å²) in [7, 11) is -4.22. The third-order valence-electron chi connectivity index (χ3n) is 6.02. The van der Waals surface area contributed by atoms with Gasteiger partial charge in [0.25, 0.3) is 5.91 Å². The van der Waals surface area contributed by atoms with Gasteiger partial charge in [0.1, 0.15) is 17.0 Å². The molecule has 0 radical (unpaired) electrons. The zero-order chi connectivity index (χ0) is 27.2. The van der Waals surface area contributed by atoms with E-state index in [1.54, 1.807) is 48.5 Å². The number of halogens is 3. The van der Waals surface area contributed by atoms with Crippen LogP contribution in [0, 0.1) is 0 Å². The van der Waals surface area contributed by atoms with Crippen molar-refractivity contribution in [1.29, 1.82) is 0 Å². The summed E-state index contributed by atoms with van der Waals surface area (Å²) >= 11 is 0. The number of carbonyl (C=O) groups is 2. The molecule has 0 saturated carbocycles. The third kappa shape index (κ3) is 5.04. The molecule has 0 atom stereocenters. The Morgan fingerprint density at radius 2 is 1.54 bits per heavy atom. The number of hydrogen-bond acceptors (Lipinski definition) is 5. The highest BCUT2D eigenvalue weighted by Crippen LogP contribution is 2.40.